The molecule has 13 heteroatoms. The second kappa shape index (κ2) is 8.69. The molecule has 38 heavy (non-hydrogen) atoms. The van der Waals surface area contributed by atoms with Crippen molar-refractivity contribution < 1.29 is 31.1 Å². The molecule has 1 aliphatic heterocycles. The molecule has 0 spiro atoms. The third-order valence-corrected chi connectivity index (χ3v) is 6.06. The number of amides is 1. The molecule has 4 aromatic rings. The summed E-state index contributed by atoms with van der Waals surface area (Å²) in [7, 11) is 1.62. The second-order valence-corrected chi connectivity index (χ2v) is 8.46. The molecule has 192 valence electrons. The molecule has 0 atom stereocenters. The van der Waals surface area contributed by atoms with Crippen molar-refractivity contribution in [2.24, 2.45) is 7.05 Å². The van der Waals surface area contributed by atoms with Gasteiger partial charge in [0.05, 0.1) is 23.7 Å². The number of aryl methyl sites for hydroxylation is 1. The Labute approximate surface area is 210 Å². The number of rotatable bonds is 3. The van der Waals surface area contributed by atoms with E-state index in [9.17, 15) is 36.4 Å². The number of fused-ring (bicyclic) bond motifs is 1. The van der Waals surface area contributed by atoms with Crippen LogP contribution in [0.15, 0.2) is 54.9 Å². The van der Waals surface area contributed by atoms with E-state index in [4.69, 9.17) is 0 Å². The van der Waals surface area contributed by atoms with Crippen LogP contribution >= 0.6 is 0 Å². The molecule has 0 radical (unpaired) electrons. The van der Waals surface area contributed by atoms with Crippen LogP contribution < -0.4 is 4.90 Å². The average molecular weight is 528 g/mol. The second-order valence-electron chi connectivity index (χ2n) is 8.46. The molecule has 5 rings (SSSR count). The fourth-order valence-corrected chi connectivity index (χ4v) is 4.31. The summed E-state index contributed by atoms with van der Waals surface area (Å²) in [6.07, 6.45) is -8.33. The van der Waals surface area contributed by atoms with Gasteiger partial charge in [-0.25, -0.2) is 4.98 Å². The first-order valence-corrected chi connectivity index (χ1v) is 10.9. The van der Waals surface area contributed by atoms with E-state index in [1.165, 1.54) is 41.2 Å². The van der Waals surface area contributed by atoms with Crippen LogP contribution in [0, 0.1) is 11.3 Å². The molecule has 1 amide bonds. The van der Waals surface area contributed by atoms with Crippen LogP contribution in [0.3, 0.4) is 0 Å². The Balaban J connectivity index is 1.71. The summed E-state index contributed by atoms with van der Waals surface area (Å²) in [6.45, 7) is -0.619. The van der Waals surface area contributed by atoms with E-state index in [-0.39, 0.29) is 33.6 Å². The minimum Gasteiger partial charge on any atom is -0.317 e. The maximum atomic E-state index is 13.9. The summed E-state index contributed by atoms with van der Waals surface area (Å²) in [6, 6.07) is 11.2. The number of benzene rings is 2. The van der Waals surface area contributed by atoms with Gasteiger partial charge in [0.25, 0.3) is 5.91 Å². The topological polar surface area (TPSA) is 87.7 Å². The molecule has 3 heterocycles. The van der Waals surface area contributed by atoms with E-state index in [2.05, 4.69) is 15.2 Å². The summed E-state index contributed by atoms with van der Waals surface area (Å²) < 4.78 is 84.0. The molecule has 7 nitrogen and oxygen atoms in total. The van der Waals surface area contributed by atoms with Crippen LogP contribution in [-0.4, -0.2) is 25.7 Å². The Bertz CT molecular complexity index is 1630. The fraction of sp³-hybridized carbons (Fsp3) is 0.160. The number of pyridine rings is 1. The normalized spacial score (nSPS) is 13.5. The maximum absolute atomic E-state index is 13.9. The Morgan fingerprint density at radius 3 is 2.34 bits per heavy atom. The third kappa shape index (κ3) is 4.23. The highest BCUT2D eigenvalue weighted by molar-refractivity contribution is 6.10. The summed E-state index contributed by atoms with van der Waals surface area (Å²) in [5.74, 6) is -1.12. The van der Waals surface area contributed by atoms with Crippen molar-refractivity contribution >= 4 is 11.7 Å². The number of aromatic nitrogens is 4. The molecule has 0 aliphatic carbocycles. The van der Waals surface area contributed by atoms with Gasteiger partial charge < -0.3 is 4.57 Å². The van der Waals surface area contributed by atoms with Crippen LogP contribution in [0.4, 0.5) is 32.2 Å². The number of nitrogens with zero attached hydrogens (tertiary/aromatic N) is 6. The van der Waals surface area contributed by atoms with Crippen molar-refractivity contribution in [1.82, 2.24) is 19.7 Å². The molecule has 0 unspecified atom stereocenters. The van der Waals surface area contributed by atoms with Gasteiger partial charge in [0, 0.05) is 18.2 Å². The predicted octanol–water partition coefficient (Wildman–Crippen LogP) is 5.61. The van der Waals surface area contributed by atoms with Crippen molar-refractivity contribution in [2.45, 2.75) is 18.9 Å². The standard InChI is InChI=1S/C25H14F6N6O/c1-36-12-33-35-22(36)15-6-5-13(10-32)7-17(15)14-8-20(25(29,30)31)34-21(9-14)37-11-18-16(23(37)38)3-2-4-19(18)24(26,27)28/h2-9,12H,11H2,1H3. The Morgan fingerprint density at radius 2 is 1.71 bits per heavy atom. The lowest BCUT2D eigenvalue weighted by molar-refractivity contribution is -0.141. The van der Waals surface area contributed by atoms with Gasteiger partial charge in [0.1, 0.15) is 17.8 Å². The Kier molecular flexibility index (Phi) is 5.70. The molecule has 2 aromatic heterocycles. The van der Waals surface area contributed by atoms with Crippen LogP contribution in [0.5, 0.6) is 0 Å². The summed E-state index contributed by atoms with van der Waals surface area (Å²) in [4.78, 5) is 17.4. The van der Waals surface area contributed by atoms with Crippen molar-refractivity contribution in [2.75, 3.05) is 4.90 Å². The van der Waals surface area contributed by atoms with E-state index < -0.39 is 41.9 Å². The molecule has 2 aromatic carbocycles. The molecule has 0 fully saturated rings. The van der Waals surface area contributed by atoms with Crippen molar-refractivity contribution in [3.8, 4) is 28.6 Å². The van der Waals surface area contributed by atoms with Gasteiger partial charge >= 0.3 is 12.4 Å². The molecule has 0 N–H and O–H groups in total. The van der Waals surface area contributed by atoms with Gasteiger partial charge in [-0.05, 0) is 59.2 Å². The number of nitriles is 1. The molecule has 0 saturated heterocycles. The SMILES string of the molecule is Cn1cnnc1-c1ccc(C#N)cc1-c1cc(N2Cc3c(cccc3C(F)(F)F)C2=O)nc(C(F)(F)F)c1. The van der Waals surface area contributed by atoms with Gasteiger partial charge in [0.2, 0.25) is 0 Å². The molecule has 0 saturated carbocycles. The minimum absolute atomic E-state index is 0.0720. The van der Waals surface area contributed by atoms with Crippen molar-refractivity contribution in [3.05, 3.63) is 82.8 Å². The zero-order chi connectivity index (χ0) is 27.4. The third-order valence-electron chi connectivity index (χ3n) is 6.06. The number of carbonyl (C=O) groups is 1. The Morgan fingerprint density at radius 1 is 0.947 bits per heavy atom. The average Bonchev–Trinajstić information content (AvgIpc) is 3.45. The lowest BCUT2D eigenvalue weighted by Gasteiger charge is -2.19. The molecule has 0 bridgehead atoms. The number of carbonyl (C=O) groups excluding carboxylic acids is 1. The van der Waals surface area contributed by atoms with Gasteiger partial charge in [0.15, 0.2) is 5.82 Å². The lowest BCUT2D eigenvalue weighted by atomic mass is 9.96. The van der Waals surface area contributed by atoms with Crippen molar-refractivity contribution in [1.29, 1.82) is 5.26 Å². The summed E-state index contributed by atoms with van der Waals surface area (Å²) >= 11 is 0. The number of alkyl halides is 6. The van der Waals surface area contributed by atoms with E-state index in [0.29, 0.717) is 5.56 Å². The highest BCUT2D eigenvalue weighted by Gasteiger charge is 2.41. The van der Waals surface area contributed by atoms with Crippen LogP contribution in [0.25, 0.3) is 22.5 Å². The maximum Gasteiger partial charge on any atom is 0.433 e. The van der Waals surface area contributed by atoms with Crippen LogP contribution in [0.2, 0.25) is 0 Å². The van der Waals surface area contributed by atoms with E-state index in [1.54, 1.807) is 7.05 Å². The first-order valence-electron chi connectivity index (χ1n) is 10.9. The first-order chi connectivity index (χ1) is 17.9. The van der Waals surface area contributed by atoms with E-state index >= 15 is 0 Å². The van der Waals surface area contributed by atoms with E-state index in [1.807, 2.05) is 6.07 Å². The summed E-state index contributed by atoms with van der Waals surface area (Å²) in [5.41, 5.74) is -2.47. The zero-order valence-corrected chi connectivity index (χ0v) is 19.3. The largest absolute Gasteiger partial charge is 0.433 e. The number of halogens is 6. The van der Waals surface area contributed by atoms with Gasteiger partial charge in [-0.2, -0.15) is 31.6 Å². The zero-order valence-electron chi connectivity index (χ0n) is 19.3. The van der Waals surface area contributed by atoms with Crippen molar-refractivity contribution in [3.63, 3.8) is 0 Å². The van der Waals surface area contributed by atoms with Gasteiger partial charge in [-0.1, -0.05) is 6.07 Å². The molecule has 1 aliphatic rings. The van der Waals surface area contributed by atoms with Gasteiger partial charge in [-0.3, -0.25) is 9.69 Å². The number of anilines is 1. The lowest BCUT2D eigenvalue weighted by Crippen LogP contribution is -2.25. The Hall–Kier alpha value is -4.73. The smallest absolute Gasteiger partial charge is 0.317 e. The van der Waals surface area contributed by atoms with E-state index in [0.717, 1.165) is 23.1 Å². The first kappa shape index (κ1) is 24.9. The summed E-state index contributed by atoms with van der Waals surface area (Å²) in [5, 5.41) is 17.2. The van der Waals surface area contributed by atoms with Crippen LogP contribution in [-0.2, 0) is 25.9 Å². The van der Waals surface area contributed by atoms with Gasteiger partial charge in [-0.15, -0.1) is 10.2 Å². The quantitative estimate of drug-likeness (QED) is 0.323. The highest BCUT2D eigenvalue weighted by Crippen LogP contribution is 2.41. The number of hydrogen-bond acceptors (Lipinski definition) is 5. The fourth-order valence-electron chi connectivity index (χ4n) is 4.31. The molecular formula is C25H14F6N6O. The predicted molar refractivity (Wildman–Crippen MR) is 121 cm³/mol. The highest BCUT2D eigenvalue weighted by atomic mass is 19.4. The number of hydrogen-bond donors (Lipinski definition) is 0. The monoisotopic (exact) mass is 528 g/mol. The molecular weight excluding hydrogens is 514 g/mol. The minimum atomic E-state index is -4.95. The van der Waals surface area contributed by atoms with Crippen LogP contribution in [0.1, 0.15) is 32.7 Å².